The zero-order valence-corrected chi connectivity index (χ0v) is 13.5. The Labute approximate surface area is 130 Å². The van der Waals surface area contributed by atoms with Crippen molar-refractivity contribution in [3.05, 3.63) is 56.2 Å². The summed E-state index contributed by atoms with van der Waals surface area (Å²) in [4.78, 5) is 1.24. The predicted molar refractivity (Wildman–Crippen MR) is 83.2 cm³/mol. The summed E-state index contributed by atoms with van der Waals surface area (Å²) in [6, 6.07) is 8.01. The smallest absolute Gasteiger partial charge is 0.129 e. The van der Waals surface area contributed by atoms with Crippen LogP contribution in [0.15, 0.2) is 34.1 Å². The van der Waals surface area contributed by atoms with Gasteiger partial charge in [-0.15, -0.1) is 11.3 Å². The van der Waals surface area contributed by atoms with Crippen molar-refractivity contribution in [2.75, 3.05) is 6.54 Å². The lowest BCUT2D eigenvalue weighted by Crippen LogP contribution is -2.33. The number of nitrogens with one attached hydrogen (secondary N) is 1. The lowest BCUT2D eigenvalue weighted by Gasteiger charge is -2.17. The molecule has 108 valence electrons. The largest absolute Gasteiger partial charge is 0.314 e. The van der Waals surface area contributed by atoms with E-state index in [1.807, 2.05) is 13.0 Å². The Morgan fingerprint density at radius 2 is 2.00 bits per heavy atom. The highest BCUT2D eigenvalue weighted by Gasteiger charge is 2.14. The third-order valence-corrected chi connectivity index (χ3v) is 4.70. The average molecular weight is 360 g/mol. The van der Waals surface area contributed by atoms with Crippen LogP contribution in [0.2, 0.25) is 0 Å². The quantitative estimate of drug-likeness (QED) is 0.797. The number of rotatable bonds is 6. The van der Waals surface area contributed by atoms with Crippen molar-refractivity contribution in [1.29, 1.82) is 0 Å². The van der Waals surface area contributed by atoms with Crippen LogP contribution in [0.3, 0.4) is 0 Å². The normalized spacial score (nSPS) is 12.6. The minimum atomic E-state index is -0.534. The molecule has 0 aliphatic rings. The Kier molecular flexibility index (Phi) is 5.69. The minimum Gasteiger partial charge on any atom is -0.314 e. The highest BCUT2D eigenvalue weighted by molar-refractivity contribution is 9.11. The number of thiophene rings is 1. The van der Waals surface area contributed by atoms with Crippen LogP contribution < -0.4 is 5.32 Å². The van der Waals surface area contributed by atoms with Gasteiger partial charge in [0.1, 0.15) is 11.6 Å². The first-order valence-corrected chi connectivity index (χ1v) is 8.11. The maximum absolute atomic E-state index is 13.7. The molecule has 0 amide bonds. The van der Waals surface area contributed by atoms with E-state index in [1.165, 1.54) is 17.0 Å². The van der Waals surface area contributed by atoms with E-state index in [9.17, 15) is 8.78 Å². The summed E-state index contributed by atoms with van der Waals surface area (Å²) in [6.45, 7) is 2.85. The van der Waals surface area contributed by atoms with Crippen molar-refractivity contribution < 1.29 is 8.78 Å². The van der Waals surface area contributed by atoms with Crippen LogP contribution in [-0.2, 0) is 12.8 Å². The Hall–Kier alpha value is -0.780. The molecule has 2 aromatic rings. The Morgan fingerprint density at radius 1 is 1.20 bits per heavy atom. The zero-order chi connectivity index (χ0) is 14.5. The highest BCUT2D eigenvalue weighted by Crippen LogP contribution is 2.24. The van der Waals surface area contributed by atoms with Gasteiger partial charge in [0, 0.05) is 17.0 Å². The summed E-state index contributed by atoms with van der Waals surface area (Å²) in [6.07, 6.45) is 1.39. The molecule has 2 rings (SSSR count). The van der Waals surface area contributed by atoms with Gasteiger partial charge >= 0.3 is 0 Å². The maximum Gasteiger partial charge on any atom is 0.129 e. The van der Waals surface area contributed by atoms with Gasteiger partial charge in [-0.2, -0.15) is 0 Å². The number of benzene rings is 1. The van der Waals surface area contributed by atoms with Gasteiger partial charge in [0.05, 0.1) is 3.79 Å². The molecule has 5 heteroatoms. The number of hydrogen-bond acceptors (Lipinski definition) is 2. The monoisotopic (exact) mass is 359 g/mol. The van der Waals surface area contributed by atoms with E-state index in [-0.39, 0.29) is 6.04 Å². The van der Waals surface area contributed by atoms with Crippen molar-refractivity contribution >= 4 is 27.3 Å². The first-order chi connectivity index (χ1) is 9.58. The standard InChI is InChI=1S/C15H16BrF2NS/c1-2-19-12(9-13-5-6-15(16)20-13)7-10-3-4-11(17)8-14(10)18/h3-6,8,12,19H,2,7,9H2,1H3. The minimum absolute atomic E-state index is 0.144. The molecule has 0 aliphatic carbocycles. The molecule has 1 atom stereocenters. The third kappa shape index (κ3) is 4.36. The summed E-state index contributed by atoms with van der Waals surface area (Å²) in [5.41, 5.74) is 0.549. The molecule has 0 radical (unpaired) electrons. The van der Waals surface area contributed by atoms with Crippen LogP contribution in [-0.4, -0.2) is 12.6 Å². The number of likely N-dealkylation sites (N-methyl/N-ethyl adjacent to an activating group) is 1. The van der Waals surface area contributed by atoms with Crippen molar-refractivity contribution in [3.8, 4) is 0 Å². The first kappa shape index (κ1) is 15.6. The van der Waals surface area contributed by atoms with Crippen LogP contribution in [0.5, 0.6) is 0 Å². The predicted octanol–water partition coefficient (Wildman–Crippen LogP) is 4.55. The molecule has 0 saturated heterocycles. The Morgan fingerprint density at radius 3 is 2.60 bits per heavy atom. The van der Waals surface area contributed by atoms with Gasteiger partial charge in [0.25, 0.3) is 0 Å². The molecule has 1 heterocycles. The topological polar surface area (TPSA) is 12.0 Å². The lowest BCUT2D eigenvalue weighted by molar-refractivity contribution is 0.504. The van der Waals surface area contributed by atoms with Crippen LogP contribution in [0.4, 0.5) is 8.78 Å². The summed E-state index contributed by atoms with van der Waals surface area (Å²) in [5, 5.41) is 3.36. The van der Waals surface area contributed by atoms with E-state index < -0.39 is 11.6 Å². The SMILES string of the molecule is CCNC(Cc1ccc(Br)s1)Cc1ccc(F)cc1F. The van der Waals surface area contributed by atoms with Crippen LogP contribution in [0.1, 0.15) is 17.4 Å². The van der Waals surface area contributed by atoms with E-state index in [1.54, 1.807) is 11.3 Å². The summed E-state index contributed by atoms with van der Waals surface area (Å²) in [5.74, 6) is -1.01. The van der Waals surface area contributed by atoms with Gasteiger partial charge < -0.3 is 5.32 Å². The van der Waals surface area contributed by atoms with E-state index in [2.05, 4.69) is 27.3 Å². The zero-order valence-electron chi connectivity index (χ0n) is 11.1. The molecule has 0 spiro atoms. The first-order valence-electron chi connectivity index (χ1n) is 6.50. The van der Waals surface area contributed by atoms with Crippen LogP contribution in [0, 0.1) is 11.6 Å². The van der Waals surface area contributed by atoms with E-state index in [0.29, 0.717) is 12.0 Å². The summed E-state index contributed by atoms with van der Waals surface area (Å²) < 4.78 is 27.7. The molecule has 0 bridgehead atoms. The fourth-order valence-corrected chi connectivity index (χ4v) is 3.73. The second-order valence-corrected chi connectivity index (χ2v) is 7.15. The summed E-state index contributed by atoms with van der Waals surface area (Å²) >= 11 is 5.13. The van der Waals surface area contributed by atoms with E-state index in [4.69, 9.17) is 0 Å². The molecule has 0 aliphatic heterocycles. The van der Waals surface area contributed by atoms with Crippen molar-refractivity contribution in [1.82, 2.24) is 5.32 Å². The molecular weight excluding hydrogens is 344 g/mol. The van der Waals surface area contributed by atoms with Crippen molar-refractivity contribution in [3.63, 3.8) is 0 Å². The van der Waals surface area contributed by atoms with E-state index >= 15 is 0 Å². The van der Waals surface area contributed by atoms with Crippen LogP contribution >= 0.6 is 27.3 Å². The molecule has 1 nitrogen and oxygen atoms in total. The average Bonchev–Trinajstić information content (AvgIpc) is 2.78. The second-order valence-electron chi connectivity index (χ2n) is 4.60. The van der Waals surface area contributed by atoms with Crippen molar-refractivity contribution in [2.24, 2.45) is 0 Å². The fourth-order valence-electron chi connectivity index (χ4n) is 2.16. The summed E-state index contributed by atoms with van der Waals surface area (Å²) in [7, 11) is 0. The van der Waals surface area contributed by atoms with Crippen molar-refractivity contribution in [2.45, 2.75) is 25.8 Å². The molecule has 0 saturated carbocycles. The molecule has 1 N–H and O–H groups in total. The van der Waals surface area contributed by atoms with Crippen LogP contribution in [0.25, 0.3) is 0 Å². The number of halogens is 3. The maximum atomic E-state index is 13.7. The third-order valence-electron chi connectivity index (χ3n) is 3.05. The fraction of sp³-hybridized carbons (Fsp3) is 0.333. The molecule has 20 heavy (non-hydrogen) atoms. The second kappa shape index (κ2) is 7.29. The van der Waals surface area contributed by atoms with Gasteiger partial charge in [0.15, 0.2) is 0 Å². The lowest BCUT2D eigenvalue weighted by atomic mass is 10.0. The molecule has 1 aromatic heterocycles. The van der Waals surface area contributed by atoms with E-state index in [0.717, 1.165) is 22.8 Å². The van der Waals surface area contributed by atoms with Gasteiger partial charge in [-0.25, -0.2) is 8.78 Å². The molecule has 1 unspecified atom stereocenters. The van der Waals surface area contributed by atoms with Gasteiger partial charge in [-0.3, -0.25) is 0 Å². The Balaban J connectivity index is 2.08. The molecule has 0 fully saturated rings. The van der Waals surface area contributed by atoms with Gasteiger partial charge in [0.2, 0.25) is 0 Å². The molecular formula is C15H16BrF2NS. The molecule has 1 aromatic carbocycles. The Bertz CT molecular complexity index is 571. The van der Waals surface area contributed by atoms with Gasteiger partial charge in [-0.05, 0) is 59.1 Å². The van der Waals surface area contributed by atoms with Gasteiger partial charge in [-0.1, -0.05) is 13.0 Å². The highest BCUT2D eigenvalue weighted by atomic mass is 79.9. The number of hydrogen-bond donors (Lipinski definition) is 1.